The number of hydrogen-bond donors (Lipinski definition) is 1. The summed E-state index contributed by atoms with van der Waals surface area (Å²) in [5.74, 6) is 1.01. The van der Waals surface area contributed by atoms with Crippen molar-refractivity contribution in [2.45, 2.75) is 56.9 Å². The van der Waals surface area contributed by atoms with E-state index in [2.05, 4.69) is 17.1 Å². The highest BCUT2D eigenvalue weighted by Gasteiger charge is 2.54. The van der Waals surface area contributed by atoms with Crippen LogP contribution in [0.2, 0.25) is 5.02 Å². The summed E-state index contributed by atoms with van der Waals surface area (Å²) in [5, 5.41) is 3.79. The Morgan fingerprint density at radius 3 is 2.72 bits per heavy atom. The second-order valence-corrected chi connectivity index (χ2v) is 9.52. The average molecular weight is 418 g/mol. The molecule has 5 nitrogen and oxygen atoms in total. The van der Waals surface area contributed by atoms with E-state index in [9.17, 15) is 9.59 Å². The largest absolute Gasteiger partial charge is 0.355 e. The number of carbonyl (C=O) groups excluding carboxylic acids is 2. The van der Waals surface area contributed by atoms with Gasteiger partial charge in [-0.1, -0.05) is 36.7 Å². The minimum absolute atomic E-state index is 0.0140. The summed E-state index contributed by atoms with van der Waals surface area (Å²) in [6.45, 7) is 6.78. The quantitative estimate of drug-likeness (QED) is 0.723. The fourth-order valence-electron chi connectivity index (χ4n) is 5.27. The van der Waals surface area contributed by atoms with Gasteiger partial charge in [0.15, 0.2) is 0 Å². The summed E-state index contributed by atoms with van der Waals surface area (Å²) in [7, 11) is 0. The highest BCUT2D eigenvalue weighted by atomic mass is 35.5. The number of likely N-dealkylation sites (tertiary alicyclic amines) is 1. The molecule has 1 aromatic carbocycles. The number of benzene rings is 1. The summed E-state index contributed by atoms with van der Waals surface area (Å²) in [5.41, 5.74) is 0.117. The third-order valence-corrected chi connectivity index (χ3v) is 7.44. The van der Waals surface area contributed by atoms with E-state index in [1.54, 1.807) is 0 Å². The number of fused-ring (bicyclic) bond motifs is 1. The van der Waals surface area contributed by atoms with Gasteiger partial charge in [0.1, 0.15) is 0 Å². The van der Waals surface area contributed by atoms with Crippen LogP contribution in [0.1, 0.15) is 51.0 Å². The zero-order valence-corrected chi connectivity index (χ0v) is 18.1. The zero-order valence-electron chi connectivity index (χ0n) is 17.3. The predicted molar refractivity (Wildman–Crippen MR) is 115 cm³/mol. The molecule has 0 saturated carbocycles. The Bertz CT molecular complexity index is 762. The van der Waals surface area contributed by atoms with Crippen molar-refractivity contribution in [3.63, 3.8) is 0 Å². The lowest BCUT2D eigenvalue weighted by atomic mass is 9.76. The molecule has 4 rings (SSSR count). The van der Waals surface area contributed by atoms with E-state index < -0.39 is 5.41 Å². The molecule has 0 radical (unpaired) electrons. The summed E-state index contributed by atoms with van der Waals surface area (Å²) < 4.78 is 0. The molecule has 3 fully saturated rings. The predicted octanol–water partition coefficient (Wildman–Crippen LogP) is 3.21. The van der Waals surface area contributed by atoms with Crippen molar-refractivity contribution in [3.8, 4) is 0 Å². The van der Waals surface area contributed by atoms with Gasteiger partial charge in [0.2, 0.25) is 11.8 Å². The normalized spacial score (nSPS) is 28.0. The van der Waals surface area contributed by atoms with Crippen molar-refractivity contribution >= 4 is 23.4 Å². The van der Waals surface area contributed by atoms with Crippen LogP contribution in [0.3, 0.4) is 0 Å². The van der Waals surface area contributed by atoms with E-state index in [-0.39, 0.29) is 17.9 Å². The van der Waals surface area contributed by atoms with Crippen molar-refractivity contribution in [1.29, 1.82) is 0 Å². The van der Waals surface area contributed by atoms with Crippen molar-refractivity contribution in [1.82, 2.24) is 15.1 Å². The molecule has 158 valence electrons. The maximum atomic E-state index is 13.4. The van der Waals surface area contributed by atoms with E-state index >= 15 is 0 Å². The SMILES string of the molecule is CC1CCN(CCCNC(=O)[C@@]2(c3ccccc3Cl)C[C@@H]3CCC(=O)N3C2)CC1. The standard InChI is InChI=1S/C23H32ClN3O2/c1-17-9-13-26(14-10-17)12-4-11-25-22(29)23(19-5-2-3-6-20(19)24)15-18-7-8-21(28)27(18)16-23/h2-3,5-6,17-18H,4,7-16H2,1H3,(H,25,29)/t18-,23-/m0/s1. The highest BCUT2D eigenvalue weighted by molar-refractivity contribution is 6.31. The van der Waals surface area contributed by atoms with Crippen LogP contribution in [-0.2, 0) is 15.0 Å². The Labute approximate surface area is 178 Å². The second kappa shape index (κ2) is 8.65. The Morgan fingerprint density at radius 2 is 2.00 bits per heavy atom. The van der Waals surface area contributed by atoms with E-state index in [0.717, 1.165) is 44.0 Å². The smallest absolute Gasteiger partial charge is 0.232 e. The monoisotopic (exact) mass is 417 g/mol. The number of piperidine rings is 1. The molecule has 3 heterocycles. The summed E-state index contributed by atoms with van der Waals surface area (Å²) in [6, 6.07) is 7.76. The van der Waals surface area contributed by atoms with Gasteiger partial charge >= 0.3 is 0 Å². The molecule has 0 aromatic heterocycles. The number of rotatable bonds is 6. The van der Waals surface area contributed by atoms with E-state index in [4.69, 9.17) is 11.6 Å². The molecule has 0 unspecified atom stereocenters. The fourth-order valence-corrected chi connectivity index (χ4v) is 5.59. The van der Waals surface area contributed by atoms with Crippen LogP contribution in [0.4, 0.5) is 0 Å². The van der Waals surface area contributed by atoms with E-state index in [0.29, 0.717) is 31.0 Å². The molecule has 1 N–H and O–H groups in total. The molecular weight excluding hydrogens is 386 g/mol. The van der Waals surface area contributed by atoms with Crippen LogP contribution in [-0.4, -0.2) is 60.4 Å². The minimum Gasteiger partial charge on any atom is -0.355 e. The Balaban J connectivity index is 1.41. The van der Waals surface area contributed by atoms with Crippen LogP contribution in [0.5, 0.6) is 0 Å². The number of nitrogens with zero attached hydrogens (tertiary/aromatic N) is 2. The van der Waals surface area contributed by atoms with Crippen molar-refractivity contribution in [2.24, 2.45) is 5.92 Å². The number of amides is 2. The molecule has 1 aromatic rings. The van der Waals surface area contributed by atoms with Crippen molar-refractivity contribution < 1.29 is 9.59 Å². The minimum atomic E-state index is -0.736. The first-order valence-corrected chi connectivity index (χ1v) is 11.4. The van der Waals surface area contributed by atoms with Crippen LogP contribution < -0.4 is 5.32 Å². The van der Waals surface area contributed by atoms with E-state index in [1.165, 1.54) is 12.8 Å². The first kappa shape index (κ1) is 20.7. The molecule has 3 aliphatic heterocycles. The lowest BCUT2D eigenvalue weighted by molar-refractivity contribution is -0.129. The van der Waals surface area contributed by atoms with Crippen LogP contribution >= 0.6 is 11.6 Å². The first-order chi connectivity index (χ1) is 14.0. The van der Waals surface area contributed by atoms with Crippen molar-refractivity contribution in [2.75, 3.05) is 32.7 Å². The maximum Gasteiger partial charge on any atom is 0.232 e. The van der Waals surface area contributed by atoms with Gasteiger partial charge in [0, 0.05) is 30.6 Å². The van der Waals surface area contributed by atoms with Gasteiger partial charge in [0.25, 0.3) is 0 Å². The molecule has 0 aliphatic carbocycles. The zero-order chi connectivity index (χ0) is 20.4. The van der Waals surface area contributed by atoms with Crippen LogP contribution in [0.15, 0.2) is 24.3 Å². The molecule has 0 spiro atoms. The molecule has 0 bridgehead atoms. The third-order valence-electron chi connectivity index (χ3n) is 7.11. The molecule has 3 aliphatic rings. The van der Waals surface area contributed by atoms with Gasteiger partial charge in [-0.15, -0.1) is 0 Å². The fraction of sp³-hybridized carbons (Fsp3) is 0.652. The van der Waals surface area contributed by atoms with Gasteiger partial charge in [-0.3, -0.25) is 9.59 Å². The molecular formula is C23H32ClN3O2. The molecule has 2 atom stereocenters. The Hall–Kier alpha value is -1.59. The molecule has 3 saturated heterocycles. The van der Waals surface area contributed by atoms with Crippen LogP contribution in [0, 0.1) is 5.92 Å². The molecule has 29 heavy (non-hydrogen) atoms. The van der Waals surface area contributed by atoms with Gasteiger partial charge in [-0.25, -0.2) is 0 Å². The van der Waals surface area contributed by atoms with Gasteiger partial charge < -0.3 is 15.1 Å². The lowest BCUT2D eigenvalue weighted by Crippen LogP contribution is -2.47. The topological polar surface area (TPSA) is 52.7 Å². The van der Waals surface area contributed by atoms with Gasteiger partial charge in [-0.05, 0) is 69.3 Å². The van der Waals surface area contributed by atoms with Crippen LogP contribution in [0.25, 0.3) is 0 Å². The molecule has 2 amide bonds. The molecule has 6 heteroatoms. The summed E-state index contributed by atoms with van der Waals surface area (Å²) >= 11 is 6.52. The number of carbonyl (C=O) groups is 2. The summed E-state index contributed by atoms with van der Waals surface area (Å²) in [6.07, 6.45) is 5.59. The van der Waals surface area contributed by atoms with Gasteiger partial charge in [0.05, 0.1) is 5.41 Å². The van der Waals surface area contributed by atoms with E-state index in [1.807, 2.05) is 29.2 Å². The third kappa shape index (κ3) is 4.17. The number of hydrogen-bond acceptors (Lipinski definition) is 3. The maximum absolute atomic E-state index is 13.4. The first-order valence-electron chi connectivity index (χ1n) is 11.0. The lowest BCUT2D eigenvalue weighted by Gasteiger charge is -2.31. The number of halogens is 1. The van der Waals surface area contributed by atoms with Crippen molar-refractivity contribution in [3.05, 3.63) is 34.9 Å². The van der Waals surface area contributed by atoms with Gasteiger partial charge in [-0.2, -0.15) is 0 Å². The number of nitrogens with one attached hydrogen (secondary N) is 1. The Kier molecular flexibility index (Phi) is 6.16. The second-order valence-electron chi connectivity index (χ2n) is 9.11. The Morgan fingerprint density at radius 1 is 1.24 bits per heavy atom. The average Bonchev–Trinajstić information content (AvgIpc) is 3.26. The summed E-state index contributed by atoms with van der Waals surface area (Å²) in [4.78, 5) is 30.1. The highest BCUT2D eigenvalue weighted by Crippen LogP contribution is 2.45.